The van der Waals surface area contributed by atoms with E-state index in [1.165, 1.54) is 4.88 Å². The van der Waals surface area contributed by atoms with Gasteiger partial charge in [0, 0.05) is 34.5 Å². The molecule has 138 valence electrons. The lowest BCUT2D eigenvalue weighted by Crippen LogP contribution is -2.44. The summed E-state index contributed by atoms with van der Waals surface area (Å²) in [5.41, 5.74) is 0.808. The van der Waals surface area contributed by atoms with Crippen molar-refractivity contribution < 1.29 is 14.3 Å². The number of benzene rings is 1. The van der Waals surface area contributed by atoms with Gasteiger partial charge in [-0.15, -0.1) is 23.1 Å². The van der Waals surface area contributed by atoms with Gasteiger partial charge in [-0.2, -0.15) is 0 Å². The second-order valence-corrected chi connectivity index (χ2v) is 8.68. The first-order valence-corrected chi connectivity index (χ1v) is 10.9. The van der Waals surface area contributed by atoms with Crippen molar-refractivity contribution in [3.8, 4) is 0 Å². The zero-order valence-electron chi connectivity index (χ0n) is 14.6. The molecule has 0 radical (unpaired) electrons. The molecule has 1 unspecified atom stereocenters. The first kappa shape index (κ1) is 18.0. The lowest BCUT2D eigenvalue weighted by atomic mass is 9.96. The first-order valence-electron chi connectivity index (χ1n) is 9.08. The lowest BCUT2D eigenvalue weighted by molar-refractivity contribution is -0.0969. The fourth-order valence-corrected chi connectivity index (χ4v) is 5.37. The van der Waals surface area contributed by atoms with Crippen molar-refractivity contribution in [1.82, 2.24) is 4.90 Å². The van der Waals surface area contributed by atoms with Crippen LogP contribution in [0.15, 0.2) is 46.7 Å². The minimum absolute atomic E-state index is 0.127. The molecule has 2 aliphatic heterocycles. The summed E-state index contributed by atoms with van der Waals surface area (Å²) in [5.74, 6) is 1.30. The molecule has 2 fully saturated rings. The molecule has 0 saturated carbocycles. The van der Waals surface area contributed by atoms with Gasteiger partial charge in [-0.1, -0.05) is 18.2 Å². The summed E-state index contributed by atoms with van der Waals surface area (Å²) in [6, 6.07) is 12.2. The maximum absolute atomic E-state index is 13.2. The highest BCUT2D eigenvalue weighted by molar-refractivity contribution is 7.98. The molecule has 6 heteroatoms. The molecule has 1 aromatic heterocycles. The van der Waals surface area contributed by atoms with E-state index in [1.54, 1.807) is 23.1 Å². The number of ether oxygens (including phenoxy) is 2. The standard InChI is InChI=1S/C20H23NO3S2/c22-19(21-9-3-5-15(13-21)20-23-10-11-24-20)17-7-1-2-8-18(17)26-14-16-6-4-12-25-16/h1-2,4,6-8,12,15,20H,3,5,9-11,13-14H2. The largest absolute Gasteiger partial charge is 0.350 e. The highest BCUT2D eigenvalue weighted by Gasteiger charge is 2.33. The summed E-state index contributed by atoms with van der Waals surface area (Å²) in [6.45, 7) is 2.86. The molecule has 0 bridgehead atoms. The van der Waals surface area contributed by atoms with Crippen LogP contribution in [-0.4, -0.2) is 43.4 Å². The van der Waals surface area contributed by atoms with E-state index < -0.39 is 0 Å². The molecule has 2 saturated heterocycles. The van der Waals surface area contributed by atoms with Gasteiger partial charge in [-0.3, -0.25) is 4.79 Å². The second kappa shape index (κ2) is 8.57. The molecule has 26 heavy (non-hydrogen) atoms. The van der Waals surface area contributed by atoms with Crippen LogP contribution in [-0.2, 0) is 15.2 Å². The predicted octanol–water partition coefficient (Wildman–Crippen LogP) is 4.27. The third-order valence-electron chi connectivity index (χ3n) is 4.85. The third-order valence-corrected chi connectivity index (χ3v) is 7.03. The van der Waals surface area contributed by atoms with E-state index in [0.717, 1.165) is 35.6 Å². The molecule has 0 aliphatic carbocycles. The highest BCUT2D eigenvalue weighted by Crippen LogP contribution is 2.31. The van der Waals surface area contributed by atoms with Crippen LogP contribution >= 0.6 is 23.1 Å². The van der Waals surface area contributed by atoms with Crippen molar-refractivity contribution >= 4 is 29.0 Å². The van der Waals surface area contributed by atoms with Crippen LogP contribution in [0.3, 0.4) is 0 Å². The Bertz CT molecular complexity index is 728. The van der Waals surface area contributed by atoms with Gasteiger partial charge < -0.3 is 14.4 Å². The molecule has 2 aliphatic rings. The number of hydrogen-bond acceptors (Lipinski definition) is 5. The van der Waals surface area contributed by atoms with Gasteiger partial charge in [0.25, 0.3) is 5.91 Å². The molecule has 0 N–H and O–H groups in total. The Balaban J connectivity index is 1.45. The Morgan fingerprint density at radius 3 is 2.85 bits per heavy atom. The Hall–Kier alpha value is -1.34. The third kappa shape index (κ3) is 4.14. The minimum Gasteiger partial charge on any atom is -0.350 e. The maximum atomic E-state index is 13.2. The number of thiophene rings is 1. The summed E-state index contributed by atoms with van der Waals surface area (Å²) in [5, 5.41) is 2.09. The number of amides is 1. The van der Waals surface area contributed by atoms with Crippen molar-refractivity contribution in [2.24, 2.45) is 5.92 Å². The number of hydrogen-bond donors (Lipinski definition) is 0. The predicted molar refractivity (Wildman–Crippen MR) is 105 cm³/mol. The molecule has 4 nitrogen and oxygen atoms in total. The lowest BCUT2D eigenvalue weighted by Gasteiger charge is -2.35. The smallest absolute Gasteiger partial charge is 0.255 e. The Kier molecular flexibility index (Phi) is 5.94. The number of thioether (sulfide) groups is 1. The molecule has 1 aromatic carbocycles. The summed E-state index contributed by atoms with van der Waals surface area (Å²) in [6.07, 6.45) is 1.92. The van der Waals surface area contributed by atoms with Gasteiger partial charge in [-0.25, -0.2) is 0 Å². The van der Waals surface area contributed by atoms with Crippen molar-refractivity contribution in [2.75, 3.05) is 26.3 Å². The van der Waals surface area contributed by atoms with E-state index in [1.807, 2.05) is 23.1 Å². The van der Waals surface area contributed by atoms with E-state index in [9.17, 15) is 4.79 Å². The average Bonchev–Trinajstić information content (AvgIpc) is 3.40. The number of piperidine rings is 1. The monoisotopic (exact) mass is 389 g/mol. The summed E-state index contributed by atoms with van der Waals surface area (Å²) >= 11 is 3.49. The minimum atomic E-state index is -0.144. The highest BCUT2D eigenvalue weighted by atomic mass is 32.2. The van der Waals surface area contributed by atoms with E-state index in [4.69, 9.17) is 9.47 Å². The molecule has 1 atom stereocenters. The van der Waals surface area contributed by atoms with Crippen LogP contribution < -0.4 is 0 Å². The molecule has 3 heterocycles. The Labute approximate surface area is 162 Å². The maximum Gasteiger partial charge on any atom is 0.255 e. The van der Waals surface area contributed by atoms with Crippen molar-refractivity contribution in [3.63, 3.8) is 0 Å². The number of rotatable bonds is 5. The molecule has 4 rings (SSSR count). The van der Waals surface area contributed by atoms with Crippen LogP contribution in [0.25, 0.3) is 0 Å². The zero-order chi connectivity index (χ0) is 17.8. The quantitative estimate of drug-likeness (QED) is 0.716. The van der Waals surface area contributed by atoms with E-state index >= 15 is 0 Å². The number of carbonyl (C=O) groups excluding carboxylic acids is 1. The van der Waals surface area contributed by atoms with Gasteiger partial charge in [0.1, 0.15) is 0 Å². The topological polar surface area (TPSA) is 38.8 Å². The normalized spacial score (nSPS) is 21.2. The van der Waals surface area contributed by atoms with Gasteiger partial charge in [0.2, 0.25) is 0 Å². The van der Waals surface area contributed by atoms with E-state index in [0.29, 0.717) is 19.8 Å². The van der Waals surface area contributed by atoms with Gasteiger partial charge in [-0.05, 0) is 36.4 Å². The van der Waals surface area contributed by atoms with Crippen molar-refractivity contribution in [1.29, 1.82) is 0 Å². The van der Waals surface area contributed by atoms with Crippen LogP contribution in [0.1, 0.15) is 28.1 Å². The van der Waals surface area contributed by atoms with Crippen LogP contribution in [0.5, 0.6) is 0 Å². The number of nitrogens with zero attached hydrogens (tertiary/aromatic N) is 1. The van der Waals surface area contributed by atoms with Gasteiger partial charge in [0.05, 0.1) is 18.8 Å². The van der Waals surface area contributed by atoms with E-state index in [2.05, 4.69) is 23.6 Å². The van der Waals surface area contributed by atoms with Crippen molar-refractivity contribution in [2.45, 2.75) is 29.8 Å². The van der Waals surface area contributed by atoms with E-state index in [-0.39, 0.29) is 18.1 Å². The molecule has 1 amide bonds. The molecular weight excluding hydrogens is 366 g/mol. The molecular formula is C20H23NO3S2. The second-order valence-electron chi connectivity index (χ2n) is 6.63. The Morgan fingerprint density at radius 2 is 2.04 bits per heavy atom. The molecule has 2 aromatic rings. The molecule has 0 spiro atoms. The van der Waals surface area contributed by atoms with Crippen molar-refractivity contribution in [3.05, 3.63) is 52.2 Å². The zero-order valence-corrected chi connectivity index (χ0v) is 16.3. The Morgan fingerprint density at radius 1 is 1.19 bits per heavy atom. The van der Waals surface area contributed by atoms with Gasteiger partial charge in [0.15, 0.2) is 6.29 Å². The van der Waals surface area contributed by atoms with Crippen LogP contribution in [0, 0.1) is 5.92 Å². The SMILES string of the molecule is O=C(c1ccccc1SCc1cccs1)N1CCCC(C2OCCO2)C1. The van der Waals surface area contributed by atoms with Gasteiger partial charge >= 0.3 is 0 Å². The summed E-state index contributed by atoms with van der Waals surface area (Å²) in [7, 11) is 0. The number of carbonyl (C=O) groups is 1. The van der Waals surface area contributed by atoms with Crippen LogP contribution in [0.2, 0.25) is 0 Å². The van der Waals surface area contributed by atoms with Crippen LogP contribution in [0.4, 0.5) is 0 Å². The first-order chi connectivity index (χ1) is 12.8. The summed E-state index contributed by atoms with van der Waals surface area (Å²) in [4.78, 5) is 17.5. The number of likely N-dealkylation sites (tertiary alicyclic amines) is 1. The fraction of sp³-hybridized carbons (Fsp3) is 0.450. The summed E-state index contributed by atoms with van der Waals surface area (Å²) < 4.78 is 11.3. The average molecular weight is 390 g/mol. The fourth-order valence-electron chi connectivity index (χ4n) is 3.55.